The Morgan fingerprint density at radius 1 is 0.880 bits per heavy atom. The van der Waals surface area contributed by atoms with E-state index in [9.17, 15) is 9.90 Å². The third-order valence-electron chi connectivity index (χ3n) is 3.55. The second-order valence-corrected chi connectivity index (χ2v) is 5.08. The summed E-state index contributed by atoms with van der Waals surface area (Å²) in [6, 6.07) is 7.70. The van der Waals surface area contributed by atoms with Gasteiger partial charge in [0.25, 0.3) is 0 Å². The molecule has 0 fully saturated rings. The molecule has 0 atom stereocenters. The smallest absolute Gasteiger partial charge is 0.197 e. The number of methoxy groups -OCH3 is 2. The molecule has 6 heteroatoms. The Balaban J connectivity index is 2.45. The molecule has 0 aliphatic rings. The molecule has 0 aliphatic heterocycles. The fourth-order valence-electron chi connectivity index (χ4n) is 2.40. The van der Waals surface area contributed by atoms with Gasteiger partial charge in [0.1, 0.15) is 5.75 Å². The number of hydrogen-bond acceptors (Lipinski definition) is 6. The zero-order chi connectivity index (χ0) is 18.4. The van der Waals surface area contributed by atoms with Crippen LogP contribution in [0.3, 0.4) is 0 Å². The Morgan fingerprint density at radius 2 is 1.48 bits per heavy atom. The number of ketones is 1. The van der Waals surface area contributed by atoms with Crippen molar-refractivity contribution in [2.75, 3.05) is 27.4 Å². The zero-order valence-electron chi connectivity index (χ0n) is 14.8. The van der Waals surface area contributed by atoms with E-state index in [2.05, 4.69) is 0 Å². The Kier molecular flexibility index (Phi) is 6.11. The summed E-state index contributed by atoms with van der Waals surface area (Å²) < 4.78 is 21.4. The van der Waals surface area contributed by atoms with Crippen molar-refractivity contribution in [3.05, 3.63) is 41.5 Å². The molecule has 0 aliphatic carbocycles. The van der Waals surface area contributed by atoms with Gasteiger partial charge in [0.05, 0.1) is 33.0 Å². The lowest BCUT2D eigenvalue weighted by Gasteiger charge is -2.13. The number of rotatable bonds is 8. The van der Waals surface area contributed by atoms with Gasteiger partial charge < -0.3 is 24.1 Å². The van der Waals surface area contributed by atoms with Crippen LogP contribution in [0.4, 0.5) is 0 Å². The maximum atomic E-state index is 12.8. The first-order valence-electron chi connectivity index (χ1n) is 7.95. The van der Waals surface area contributed by atoms with Crippen LogP contribution in [0.15, 0.2) is 30.3 Å². The molecule has 1 N–H and O–H groups in total. The standard InChI is InChI=1S/C19H22O6/c1-5-24-17-9-12(7-8-15(17)22-3)19(21)13-10-16(23-4)18(25-6-2)11-14(13)20/h7-11,20H,5-6H2,1-4H3. The van der Waals surface area contributed by atoms with E-state index >= 15 is 0 Å². The van der Waals surface area contributed by atoms with E-state index in [1.165, 1.54) is 26.4 Å². The Bertz CT molecular complexity index is 754. The number of benzene rings is 2. The molecule has 0 radical (unpaired) electrons. The van der Waals surface area contributed by atoms with Crippen LogP contribution < -0.4 is 18.9 Å². The second-order valence-electron chi connectivity index (χ2n) is 5.08. The van der Waals surface area contributed by atoms with E-state index in [1.54, 1.807) is 18.2 Å². The van der Waals surface area contributed by atoms with Crippen LogP contribution in [-0.4, -0.2) is 38.3 Å². The quantitative estimate of drug-likeness (QED) is 0.738. The van der Waals surface area contributed by atoms with Gasteiger partial charge in [-0.25, -0.2) is 0 Å². The lowest BCUT2D eigenvalue weighted by atomic mass is 10.0. The van der Waals surface area contributed by atoms with Crippen molar-refractivity contribution in [3.8, 4) is 28.7 Å². The minimum Gasteiger partial charge on any atom is -0.507 e. The number of aromatic hydroxyl groups is 1. The van der Waals surface area contributed by atoms with E-state index < -0.39 is 0 Å². The Labute approximate surface area is 146 Å². The number of carbonyl (C=O) groups is 1. The third kappa shape index (κ3) is 3.96. The minimum atomic E-state index is -0.359. The average Bonchev–Trinajstić information content (AvgIpc) is 2.62. The fourth-order valence-corrected chi connectivity index (χ4v) is 2.40. The largest absolute Gasteiger partial charge is 0.507 e. The molecule has 6 nitrogen and oxygen atoms in total. The molecule has 0 amide bonds. The lowest BCUT2D eigenvalue weighted by molar-refractivity contribution is 0.103. The molecule has 0 saturated heterocycles. The second kappa shape index (κ2) is 8.28. The van der Waals surface area contributed by atoms with E-state index in [-0.39, 0.29) is 17.1 Å². The van der Waals surface area contributed by atoms with E-state index in [0.29, 0.717) is 41.8 Å². The van der Waals surface area contributed by atoms with Crippen molar-refractivity contribution >= 4 is 5.78 Å². The molecule has 2 rings (SSSR count). The van der Waals surface area contributed by atoms with Crippen molar-refractivity contribution in [2.45, 2.75) is 13.8 Å². The van der Waals surface area contributed by atoms with Gasteiger partial charge >= 0.3 is 0 Å². The molecule has 25 heavy (non-hydrogen) atoms. The molecular weight excluding hydrogens is 324 g/mol. The summed E-state index contributed by atoms with van der Waals surface area (Å²) in [5, 5.41) is 10.2. The first-order chi connectivity index (χ1) is 12.0. The summed E-state index contributed by atoms with van der Waals surface area (Å²) in [6.45, 7) is 4.52. The molecule has 0 unspecified atom stereocenters. The van der Waals surface area contributed by atoms with Crippen LogP contribution in [0.25, 0.3) is 0 Å². The highest BCUT2D eigenvalue weighted by Gasteiger charge is 2.19. The van der Waals surface area contributed by atoms with Crippen molar-refractivity contribution in [1.29, 1.82) is 0 Å². The molecular formula is C19H22O6. The normalized spacial score (nSPS) is 10.2. The molecule has 0 bridgehead atoms. The Hall–Kier alpha value is -2.89. The van der Waals surface area contributed by atoms with Gasteiger partial charge in [0.15, 0.2) is 28.8 Å². The van der Waals surface area contributed by atoms with E-state index in [4.69, 9.17) is 18.9 Å². The van der Waals surface area contributed by atoms with Crippen LogP contribution in [0.1, 0.15) is 29.8 Å². The minimum absolute atomic E-state index is 0.118. The van der Waals surface area contributed by atoms with Gasteiger partial charge in [0, 0.05) is 11.6 Å². The molecule has 2 aromatic rings. The first kappa shape index (κ1) is 18.4. The van der Waals surface area contributed by atoms with Crippen LogP contribution >= 0.6 is 0 Å². The topological polar surface area (TPSA) is 74.2 Å². The third-order valence-corrected chi connectivity index (χ3v) is 3.55. The molecule has 0 aromatic heterocycles. The number of phenols is 1. The maximum absolute atomic E-state index is 12.8. The number of phenolic OH excluding ortho intramolecular Hbond substituents is 1. The summed E-state index contributed by atoms with van der Waals surface area (Å²) in [4.78, 5) is 12.8. The van der Waals surface area contributed by atoms with Gasteiger partial charge in [-0.15, -0.1) is 0 Å². The van der Waals surface area contributed by atoms with Crippen LogP contribution in [-0.2, 0) is 0 Å². The van der Waals surface area contributed by atoms with Gasteiger partial charge in [0.2, 0.25) is 0 Å². The number of carbonyl (C=O) groups excluding carboxylic acids is 1. The van der Waals surface area contributed by atoms with Crippen LogP contribution in [0.5, 0.6) is 28.7 Å². The lowest BCUT2D eigenvalue weighted by Crippen LogP contribution is -2.05. The highest BCUT2D eigenvalue weighted by atomic mass is 16.5. The zero-order valence-corrected chi connectivity index (χ0v) is 14.8. The highest BCUT2D eigenvalue weighted by molar-refractivity contribution is 6.11. The van der Waals surface area contributed by atoms with Gasteiger partial charge in [-0.1, -0.05) is 0 Å². The van der Waals surface area contributed by atoms with Crippen molar-refractivity contribution in [2.24, 2.45) is 0 Å². The predicted molar refractivity (Wildman–Crippen MR) is 93.4 cm³/mol. The van der Waals surface area contributed by atoms with Crippen molar-refractivity contribution in [1.82, 2.24) is 0 Å². The summed E-state index contributed by atoms with van der Waals surface area (Å²) in [7, 11) is 3.01. The highest BCUT2D eigenvalue weighted by Crippen LogP contribution is 2.36. The Morgan fingerprint density at radius 3 is 2.04 bits per heavy atom. The van der Waals surface area contributed by atoms with E-state index in [0.717, 1.165) is 0 Å². The fraction of sp³-hybridized carbons (Fsp3) is 0.316. The molecule has 134 valence electrons. The molecule has 2 aromatic carbocycles. The number of hydrogen-bond donors (Lipinski definition) is 1. The van der Waals surface area contributed by atoms with Gasteiger partial charge in [-0.2, -0.15) is 0 Å². The summed E-state index contributed by atoms with van der Waals surface area (Å²) >= 11 is 0. The average molecular weight is 346 g/mol. The summed E-state index contributed by atoms with van der Waals surface area (Å²) in [5.74, 6) is 1.22. The molecule has 0 spiro atoms. The van der Waals surface area contributed by atoms with Crippen LogP contribution in [0, 0.1) is 0 Å². The number of ether oxygens (including phenoxy) is 4. The predicted octanol–water partition coefficient (Wildman–Crippen LogP) is 3.44. The molecule has 0 saturated carbocycles. The van der Waals surface area contributed by atoms with Crippen molar-refractivity contribution in [3.63, 3.8) is 0 Å². The summed E-state index contributed by atoms with van der Waals surface area (Å²) in [6.07, 6.45) is 0. The van der Waals surface area contributed by atoms with Crippen molar-refractivity contribution < 1.29 is 28.8 Å². The van der Waals surface area contributed by atoms with E-state index in [1.807, 2.05) is 13.8 Å². The monoisotopic (exact) mass is 346 g/mol. The molecule has 0 heterocycles. The summed E-state index contributed by atoms with van der Waals surface area (Å²) in [5.41, 5.74) is 0.485. The van der Waals surface area contributed by atoms with Gasteiger partial charge in [-0.05, 0) is 38.1 Å². The van der Waals surface area contributed by atoms with Crippen LogP contribution in [0.2, 0.25) is 0 Å². The van der Waals surface area contributed by atoms with Gasteiger partial charge in [-0.3, -0.25) is 4.79 Å². The SMILES string of the molecule is CCOc1cc(C(=O)c2cc(OC)c(OCC)cc2O)ccc1OC. The first-order valence-corrected chi connectivity index (χ1v) is 7.95. The maximum Gasteiger partial charge on any atom is 0.197 e.